The van der Waals surface area contributed by atoms with Crippen molar-refractivity contribution in [2.75, 3.05) is 20.3 Å². The van der Waals surface area contributed by atoms with Crippen LogP contribution in [0.15, 0.2) is 47.9 Å². The second-order valence-electron chi connectivity index (χ2n) is 7.31. The third-order valence-electron chi connectivity index (χ3n) is 4.87. The minimum Gasteiger partial charge on any atom is -0.493 e. The maximum absolute atomic E-state index is 12.7. The van der Waals surface area contributed by atoms with E-state index in [1.807, 2.05) is 12.1 Å². The quantitative estimate of drug-likeness (QED) is 0.212. The predicted octanol–water partition coefficient (Wildman–Crippen LogP) is 5.91. The molecule has 1 fully saturated rings. The summed E-state index contributed by atoms with van der Waals surface area (Å²) in [5.41, 5.74) is 2.23. The van der Waals surface area contributed by atoms with Gasteiger partial charge in [0.15, 0.2) is 11.5 Å². The second kappa shape index (κ2) is 12.2. The first kappa shape index (κ1) is 26.7. The molecule has 0 bridgehead atoms. The summed E-state index contributed by atoms with van der Waals surface area (Å²) >= 11 is 12.8. The molecule has 3 rings (SSSR count). The van der Waals surface area contributed by atoms with Gasteiger partial charge in [-0.1, -0.05) is 35.3 Å². The van der Waals surface area contributed by atoms with Crippen LogP contribution >= 0.6 is 35.0 Å². The summed E-state index contributed by atoms with van der Waals surface area (Å²) < 4.78 is 16.4. The minimum atomic E-state index is -0.644. The molecular weight excluding hydrogens is 513 g/mol. The van der Waals surface area contributed by atoms with Crippen molar-refractivity contribution in [3.05, 3.63) is 74.6 Å². The van der Waals surface area contributed by atoms with Crippen molar-refractivity contribution in [3.63, 3.8) is 0 Å². The van der Waals surface area contributed by atoms with E-state index in [4.69, 9.17) is 37.4 Å². The smallest absolute Gasteiger partial charge is 0.326 e. The van der Waals surface area contributed by atoms with E-state index in [0.29, 0.717) is 33.5 Å². The molecule has 2 aromatic carbocycles. The topological polar surface area (TPSA) is 82.1 Å². The molecule has 0 spiro atoms. The maximum atomic E-state index is 12.7. The fraction of sp³-hybridized carbons (Fsp3) is 0.240. The van der Waals surface area contributed by atoms with Crippen LogP contribution in [0.25, 0.3) is 6.08 Å². The number of hydrogen-bond donors (Lipinski definition) is 0. The Hall–Kier alpha value is -2.94. The van der Waals surface area contributed by atoms with Crippen LogP contribution < -0.4 is 9.47 Å². The molecule has 184 valence electrons. The molecule has 1 saturated heterocycles. The average molecular weight is 536 g/mol. The lowest BCUT2D eigenvalue weighted by molar-refractivity contribution is -0.145. The Morgan fingerprint density at radius 2 is 1.94 bits per heavy atom. The molecule has 0 N–H and O–H groups in total. The number of hydrogen-bond acceptors (Lipinski definition) is 7. The van der Waals surface area contributed by atoms with E-state index in [1.54, 1.807) is 37.3 Å². The lowest BCUT2D eigenvalue weighted by atomic mass is 10.0. The van der Waals surface area contributed by atoms with Gasteiger partial charge in [0.2, 0.25) is 0 Å². The number of allylic oxidation sites excluding steroid dienone is 1. The van der Waals surface area contributed by atoms with Crippen LogP contribution in [0, 0.1) is 0 Å². The fourth-order valence-corrected chi connectivity index (χ4v) is 4.46. The van der Waals surface area contributed by atoms with Gasteiger partial charge in [-0.2, -0.15) is 0 Å². The average Bonchev–Trinajstić information content (AvgIpc) is 3.07. The zero-order valence-electron chi connectivity index (χ0n) is 19.1. The van der Waals surface area contributed by atoms with Crippen molar-refractivity contribution >= 4 is 58.2 Å². The highest BCUT2D eigenvalue weighted by molar-refractivity contribution is 8.18. The highest BCUT2D eigenvalue weighted by Gasteiger charge is 2.36. The number of imide groups is 1. The predicted molar refractivity (Wildman–Crippen MR) is 137 cm³/mol. The van der Waals surface area contributed by atoms with Gasteiger partial charge in [-0.15, -0.1) is 6.58 Å². The number of carbonyl (C=O) groups is 3. The fourth-order valence-electron chi connectivity index (χ4n) is 3.30. The van der Waals surface area contributed by atoms with Crippen molar-refractivity contribution in [1.82, 2.24) is 4.90 Å². The Kier molecular flexibility index (Phi) is 9.26. The molecule has 7 nitrogen and oxygen atoms in total. The first-order valence-electron chi connectivity index (χ1n) is 10.6. The maximum Gasteiger partial charge on any atom is 0.326 e. The Balaban J connectivity index is 1.87. The summed E-state index contributed by atoms with van der Waals surface area (Å²) in [6.45, 7) is 5.41. The van der Waals surface area contributed by atoms with E-state index in [-0.39, 0.29) is 18.1 Å². The van der Waals surface area contributed by atoms with Crippen LogP contribution in [0.2, 0.25) is 10.0 Å². The van der Waals surface area contributed by atoms with E-state index < -0.39 is 23.7 Å². The van der Waals surface area contributed by atoms with E-state index in [1.165, 1.54) is 7.11 Å². The van der Waals surface area contributed by atoms with Gasteiger partial charge < -0.3 is 14.2 Å². The molecule has 10 heteroatoms. The standard InChI is InChI=1S/C25H23Cl2NO6S/c1-4-6-17-9-16(12-21-24(30)28(25(31)35-21)13-22(29)33-5-2)11-20(32-3)23(17)34-14-15-7-8-18(26)19(27)10-15/h4,7-12H,1,5-6,13-14H2,2-3H3/b21-12+. The third kappa shape index (κ3) is 6.60. The molecule has 0 aliphatic carbocycles. The van der Waals surface area contributed by atoms with Gasteiger partial charge in [0.05, 0.1) is 28.7 Å². The number of methoxy groups -OCH3 is 1. The Bertz CT molecular complexity index is 1200. The van der Waals surface area contributed by atoms with Crippen LogP contribution in [0.5, 0.6) is 11.5 Å². The van der Waals surface area contributed by atoms with Crippen molar-refractivity contribution in [2.45, 2.75) is 20.0 Å². The zero-order valence-corrected chi connectivity index (χ0v) is 21.5. The normalized spacial score (nSPS) is 14.4. The lowest BCUT2D eigenvalue weighted by Gasteiger charge is -2.16. The highest BCUT2D eigenvalue weighted by Crippen LogP contribution is 2.37. The largest absolute Gasteiger partial charge is 0.493 e. The van der Waals surface area contributed by atoms with Crippen LogP contribution in [0.1, 0.15) is 23.6 Å². The Morgan fingerprint density at radius 1 is 1.17 bits per heavy atom. The molecule has 2 amide bonds. The summed E-state index contributed by atoms with van der Waals surface area (Å²) in [6, 6.07) is 8.77. The Morgan fingerprint density at radius 3 is 2.60 bits per heavy atom. The number of carbonyl (C=O) groups excluding carboxylic acids is 3. The Labute approximate surface area is 217 Å². The molecule has 0 aromatic heterocycles. The van der Waals surface area contributed by atoms with Crippen LogP contribution in [0.4, 0.5) is 4.79 Å². The van der Waals surface area contributed by atoms with E-state index in [0.717, 1.165) is 27.8 Å². The molecule has 1 heterocycles. The number of nitrogens with zero attached hydrogens (tertiary/aromatic N) is 1. The first-order chi connectivity index (χ1) is 16.8. The van der Waals surface area contributed by atoms with Crippen LogP contribution in [-0.2, 0) is 27.4 Å². The molecule has 0 radical (unpaired) electrons. The van der Waals surface area contributed by atoms with Gasteiger partial charge in [0.25, 0.3) is 11.1 Å². The second-order valence-corrected chi connectivity index (χ2v) is 9.12. The van der Waals surface area contributed by atoms with Crippen molar-refractivity contribution < 1.29 is 28.6 Å². The molecule has 2 aromatic rings. The van der Waals surface area contributed by atoms with Crippen molar-refractivity contribution in [2.24, 2.45) is 0 Å². The van der Waals surface area contributed by atoms with Gasteiger partial charge >= 0.3 is 5.97 Å². The number of rotatable bonds is 10. The van der Waals surface area contributed by atoms with Gasteiger partial charge in [0, 0.05) is 5.56 Å². The number of halogens is 2. The number of amides is 2. The van der Waals surface area contributed by atoms with Gasteiger partial charge in [0.1, 0.15) is 13.2 Å². The van der Waals surface area contributed by atoms with Crippen molar-refractivity contribution in [1.29, 1.82) is 0 Å². The summed E-state index contributed by atoms with van der Waals surface area (Å²) in [6.07, 6.45) is 3.77. The zero-order chi connectivity index (χ0) is 25.5. The third-order valence-corrected chi connectivity index (χ3v) is 6.52. The van der Waals surface area contributed by atoms with Gasteiger partial charge in [-0.05, 0) is 66.6 Å². The van der Waals surface area contributed by atoms with E-state index in [2.05, 4.69) is 6.58 Å². The molecule has 1 aliphatic rings. The summed E-state index contributed by atoms with van der Waals surface area (Å²) in [4.78, 5) is 37.8. The van der Waals surface area contributed by atoms with Gasteiger partial charge in [-0.25, -0.2) is 0 Å². The summed E-state index contributed by atoms with van der Waals surface area (Å²) in [7, 11) is 1.51. The van der Waals surface area contributed by atoms with E-state index >= 15 is 0 Å². The number of esters is 1. The monoisotopic (exact) mass is 535 g/mol. The highest BCUT2D eigenvalue weighted by atomic mass is 35.5. The van der Waals surface area contributed by atoms with Crippen LogP contribution in [0.3, 0.4) is 0 Å². The van der Waals surface area contributed by atoms with E-state index in [9.17, 15) is 14.4 Å². The molecule has 0 unspecified atom stereocenters. The molecule has 1 aliphatic heterocycles. The molecule has 35 heavy (non-hydrogen) atoms. The molecule has 0 saturated carbocycles. The number of ether oxygens (including phenoxy) is 3. The number of thioether (sulfide) groups is 1. The first-order valence-corrected chi connectivity index (χ1v) is 12.1. The number of benzene rings is 2. The molecule has 0 atom stereocenters. The van der Waals surface area contributed by atoms with Gasteiger partial charge in [-0.3, -0.25) is 19.3 Å². The van der Waals surface area contributed by atoms with Crippen LogP contribution in [-0.4, -0.2) is 42.3 Å². The minimum absolute atomic E-state index is 0.163. The summed E-state index contributed by atoms with van der Waals surface area (Å²) in [5.74, 6) is -0.237. The summed E-state index contributed by atoms with van der Waals surface area (Å²) in [5, 5.41) is 0.351. The SMILES string of the molecule is C=CCc1cc(/C=C2/SC(=O)N(CC(=O)OCC)C2=O)cc(OC)c1OCc1ccc(Cl)c(Cl)c1. The lowest BCUT2D eigenvalue weighted by Crippen LogP contribution is -2.34. The van der Waals surface area contributed by atoms with Crippen molar-refractivity contribution in [3.8, 4) is 11.5 Å². The molecular formula is C25H23Cl2NO6S.